The lowest BCUT2D eigenvalue weighted by Crippen LogP contribution is -2.28. The molecular weight excluding hydrogens is 459 g/mol. The standard InChI is InChI=1S/C27H27FN6O2/c1-15-5-4-6-16-11-19(34(27(36)22(15)16)18-7-2-3-8-18)13-31-26-23(25(30)32-14-33-26)24(29)17-9-10-20(28)21(35)12-17/h4-6,9-12,14,18,29,35H,2-3,7-8,13H2,1H3,(H3,30,31,32,33). The molecule has 1 aliphatic carbocycles. The van der Waals surface area contributed by atoms with E-state index in [1.54, 1.807) is 0 Å². The molecule has 5 rings (SSSR count). The Balaban J connectivity index is 1.55. The number of aryl methyl sites for hydroxylation is 1. The Hall–Kier alpha value is -4.27. The second kappa shape index (κ2) is 9.41. The van der Waals surface area contributed by atoms with Gasteiger partial charge in [0.15, 0.2) is 11.6 Å². The van der Waals surface area contributed by atoms with Crippen molar-refractivity contribution in [3.8, 4) is 5.75 Å². The fourth-order valence-corrected chi connectivity index (χ4v) is 5.07. The molecular formula is C27H27FN6O2. The molecule has 0 amide bonds. The summed E-state index contributed by atoms with van der Waals surface area (Å²) in [6.07, 6.45) is 5.38. The lowest BCUT2D eigenvalue weighted by atomic mass is 10.0. The summed E-state index contributed by atoms with van der Waals surface area (Å²) in [4.78, 5) is 22.0. The summed E-state index contributed by atoms with van der Waals surface area (Å²) in [6.45, 7) is 2.23. The molecule has 0 unspecified atom stereocenters. The maximum Gasteiger partial charge on any atom is 0.259 e. The first-order valence-electron chi connectivity index (χ1n) is 11.9. The van der Waals surface area contributed by atoms with Crippen LogP contribution in [-0.4, -0.2) is 25.4 Å². The van der Waals surface area contributed by atoms with Crippen LogP contribution in [0.4, 0.5) is 16.0 Å². The first kappa shape index (κ1) is 23.5. The first-order chi connectivity index (χ1) is 17.3. The molecule has 0 aliphatic heterocycles. The van der Waals surface area contributed by atoms with Crippen LogP contribution in [0.25, 0.3) is 10.8 Å². The van der Waals surface area contributed by atoms with Crippen molar-refractivity contribution >= 4 is 28.1 Å². The van der Waals surface area contributed by atoms with E-state index in [9.17, 15) is 14.3 Å². The molecule has 5 N–H and O–H groups in total. The molecule has 2 heterocycles. The van der Waals surface area contributed by atoms with Crippen LogP contribution in [0.3, 0.4) is 0 Å². The summed E-state index contributed by atoms with van der Waals surface area (Å²) in [6, 6.07) is 11.6. The van der Waals surface area contributed by atoms with Gasteiger partial charge in [0.2, 0.25) is 0 Å². The SMILES string of the molecule is Cc1cccc2cc(CNc3ncnc(N)c3C(=N)c3ccc(F)c(O)c3)n(C3CCCC3)c(=O)c12. The van der Waals surface area contributed by atoms with Crippen LogP contribution >= 0.6 is 0 Å². The van der Waals surface area contributed by atoms with E-state index in [-0.39, 0.29) is 40.8 Å². The average Bonchev–Trinajstić information content (AvgIpc) is 3.38. The van der Waals surface area contributed by atoms with E-state index in [1.165, 1.54) is 12.4 Å². The second-order valence-corrected chi connectivity index (χ2v) is 9.17. The number of phenolic OH excluding ortho intramolecular Hbond substituents is 1. The van der Waals surface area contributed by atoms with Gasteiger partial charge in [-0.1, -0.05) is 31.0 Å². The number of rotatable bonds is 6. The second-order valence-electron chi connectivity index (χ2n) is 9.17. The molecule has 0 bridgehead atoms. The molecule has 184 valence electrons. The van der Waals surface area contributed by atoms with Gasteiger partial charge >= 0.3 is 0 Å². The van der Waals surface area contributed by atoms with Gasteiger partial charge < -0.3 is 20.7 Å². The summed E-state index contributed by atoms with van der Waals surface area (Å²) in [5, 5.41) is 23.3. The van der Waals surface area contributed by atoms with Crippen molar-refractivity contribution in [3.05, 3.63) is 87.3 Å². The van der Waals surface area contributed by atoms with Crippen molar-refractivity contribution in [1.29, 1.82) is 5.41 Å². The summed E-state index contributed by atoms with van der Waals surface area (Å²) in [5.74, 6) is -0.956. The van der Waals surface area contributed by atoms with Crippen LogP contribution in [0.5, 0.6) is 5.75 Å². The van der Waals surface area contributed by atoms with Crippen molar-refractivity contribution < 1.29 is 9.50 Å². The fourth-order valence-electron chi connectivity index (χ4n) is 5.07. The number of benzene rings is 2. The molecule has 0 spiro atoms. The van der Waals surface area contributed by atoms with Crippen LogP contribution in [0, 0.1) is 18.2 Å². The Kier molecular flexibility index (Phi) is 6.13. The quantitative estimate of drug-likeness (QED) is 0.293. The number of aromatic hydroxyl groups is 1. The van der Waals surface area contributed by atoms with Crippen LogP contribution in [0.1, 0.15) is 54.1 Å². The Bertz CT molecular complexity index is 1540. The molecule has 1 saturated carbocycles. The minimum absolute atomic E-state index is 0.00579. The molecule has 1 fully saturated rings. The third-order valence-corrected chi connectivity index (χ3v) is 6.86. The number of hydrogen-bond acceptors (Lipinski definition) is 7. The van der Waals surface area contributed by atoms with E-state index in [0.717, 1.165) is 59.8 Å². The first-order valence-corrected chi connectivity index (χ1v) is 11.9. The minimum atomic E-state index is -0.779. The van der Waals surface area contributed by atoms with Crippen LogP contribution < -0.4 is 16.6 Å². The van der Waals surface area contributed by atoms with Gasteiger partial charge in [-0.2, -0.15) is 0 Å². The molecule has 9 heteroatoms. The van der Waals surface area contributed by atoms with Gasteiger partial charge in [0.05, 0.1) is 23.2 Å². The zero-order chi connectivity index (χ0) is 25.4. The Morgan fingerprint density at radius 1 is 1.22 bits per heavy atom. The van der Waals surface area contributed by atoms with E-state index in [1.807, 2.05) is 35.8 Å². The van der Waals surface area contributed by atoms with Crippen molar-refractivity contribution in [2.45, 2.75) is 45.2 Å². The molecule has 1 aliphatic rings. The third-order valence-electron chi connectivity index (χ3n) is 6.86. The number of nitrogens with zero attached hydrogens (tertiary/aromatic N) is 3. The normalized spacial score (nSPS) is 13.8. The van der Waals surface area contributed by atoms with Crippen LogP contribution in [0.2, 0.25) is 0 Å². The number of nitrogens with two attached hydrogens (primary N) is 1. The third kappa shape index (κ3) is 4.17. The van der Waals surface area contributed by atoms with Crippen molar-refractivity contribution in [2.75, 3.05) is 11.1 Å². The number of anilines is 2. The lowest BCUT2D eigenvalue weighted by Gasteiger charge is -2.22. The largest absolute Gasteiger partial charge is 0.505 e. The van der Waals surface area contributed by atoms with Crippen molar-refractivity contribution in [2.24, 2.45) is 0 Å². The average molecular weight is 487 g/mol. The zero-order valence-corrected chi connectivity index (χ0v) is 19.9. The van der Waals surface area contributed by atoms with Gasteiger partial charge in [-0.25, -0.2) is 14.4 Å². The summed E-state index contributed by atoms with van der Waals surface area (Å²) < 4.78 is 15.5. The molecule has 0 atom stereocenters. The van der Waals surface area contributed by atoms with E-state index >= 15 is 0 Å². The molecule has 2 aromatic heterocycles. The van der Waals surface area contributed by atoms with E-state index in [0.29, 0.717) is 5.82 Å². The van der Waals surface area contributed by atoms with Crippen LogP contribution in [0.15, 0.2) is 53.6 Å². The smallest absolute Gasteiger partial charge is 0.259 e. The highest BCUT2D eigenvalue weighted by Crippen LogP contribution is 2.31. The Morgan fingerprint density at radius 2 is 2.00 bits per heavy atom. The predicted molar refractivity (Wildman–Crippen MR) is 138 cm³/mol. The van der Waals surface area contributed by atoms with Crippen LogP contribution in [-0.2, 0) is 6.54 Å². The number of hydrogen-bond donors (Lipinski definition) is 4. The van der Waals surface area contributed by atoms with Gasteiger partial charge in [0, 0.05) is 17.3 Å². The lowest BCUT2D eigenvalue weighted by molar-refractivity contribution is 0.432. The van der Waals surface area contributed by atoms with Gasteiger partial charge in [-0.3, -0.25) is 10.2 Å². The maximum atomic E-state index is 13.6. The predicted octanol–water partition coefficient (Wildman–Crippen LogP) is 4.67. The highest BCUT2D eigenvalue weighted by Gasteiger charge is 2.23. The number of nitrogens with one attached hydrogen (secondary N) is 2. The van der Waals surface area contributed by atoms with Gasteiger partial charge in [-0.15, -0.1) is 0 Å². The molecule has 0 saturated heterocycles. The van der Waals surface area contributed by atoms with Crippen molar-refractivity contribution in [3.63, 3.8) is 0 Å². The number of halogens is 1. The number of pyridine rings is 1. The summed E-state index contributed by atoms with van der Waals surface area (Å²) >= 11 is 0. The fraction of sp³-hybridized carbons (Fsp3) is 0.259. The highest BCUT2D eigenvalue weighted by atomic mass is 19.1. The number of nitrogen functional groups attached to an aromatic ring is 1. The topological polar surface area (TPSA) is 130 Å². The van der Waals surface area contributed by atoms with Crippen molar-refractivity contribution in [1.82, 2.24) is 14.5 Å². The minimum Gasteiger partial charge on any atom is -0.505 e. The van der Waals surface area contributed by atoms with Gasteiger partial charge in [0.1, 0.15) is 18.0 Å². The number of fused-ring (bicyclic) bond motifs is 1. The Morgan fingerprint density at radius 3 is 2.75 bits per heavy atom. The van der Waals surface area contributed by atoms with E-state index in [2.05, 4.69) is 15.3 Å². The van der Waals surface area contributed by atoms with E-state index < -0.39 is 11.6 Å². The Labute approximate surface area is 207 Å². The highest BCUT2D eigenvalue weighted by molar-refractivity contribution is 6.16. The number of aromatic nitrogens is 3. The molecule has 8 nitrogen and oxygen atoms in total. The summed E-state index contributed by atoms with van der Waals surface area (Å²) in [5.41, 5.74) is 8.33. The van der Waals surface area contributed by atoms with E-state index in [4.69, 9.17) is 11.1 Å². The molecule has 2 aromatic carbocycles. The maximum absolute atomic E-state index is 13.6. The number of phenols is 1. The molecule has 0 radical (unpaired) electrons. The molecule has 4 aromatic rings. The summed E-state index contributed by atoms with van der Waals surface area (Å²) in [7, 11) is 0. The molecule has 36 heavy (non-hydrogen) atoms. The monoisotopic (exact) mass is 486 g/mol. The van der Waals surface area contributed by atoms with Gasteiger partial charge in [-0.05, 0) is 55.0 Å². The zero-order valence-electron chi connectivity index (χ0n) is 19.9. The van der Waals surface area contributed by atoms with Gasteiger partial charge in [0.25, 0.3) is 5.56 Å².